The molecule has 2 aromatic heterocycles. The van der Waals surface area contributed by atoms with Gasteiger partial charge in [-0.05, 0) is 61.9 Å². The molecule has 178 valence electrons. The number of nitrogens with zero attached hydrogens (tertiary/aromatic N) is 3. The maximum absolute atomic E-state index is 12.3. The normalized spacial score (nSPS) is 16.1. The minimum atomic E-state index is -3.33. The van der Waals surface area contributed by atoms with E-state index in [1.54, 1.807) is 18.3 Å². The van der Waals surface area contributed by atoms with E-state index < -0.39 is 10.0 Å². The Hall–Kier alpha value is -3.77. The third-order valence-corrected chi connectivity index (χ3v) is 8.62. The van der Waals surface area contributed by atoms with E-state index in [1.807, 2.05) is 30.3 Å². The molecule has 4 aromatic rings. The van der Waals surface area contributed by atoms with Gasteiger partial charge in [0, 0.05) is 23.2 Å². The van der Waals surface area contributed by atoms with Crippen LogP contribution in [0.2, 0.25) is 0 Å². The first kappa shape index (κ1) is 21.7. The van der Waals surface area contributed by atoms with Gasteiger partial charge in [-0.2, -0.15) is 5.26 Å². The third kappa shape index (κ3) is 4.04. The number of benzene rings is 2. The van der Waals surface area contributed by atoms with E-state index in [0.29, 0.717) is 41.8 Å². The zero-order valence-electron chi connectivity index (χ0n) is 19.0. The summed E-state index contributed by atoms with van der Waals surface area (Å²) in [6.45, 7) is 0.221. The fourth-order valence-electron chi connectivity index (χ4n) is 4.59. The summed E-state index contributed by atoms with van der Waals surface area (Å²) in [5, 5.41) is 10.7. The summed E-state index contributed by atoms with van der Waals surface area (Å²) >= 11 is 0. The molecule has 9 heteroatoms. The fraction of sp³-hybridized carbons (Fsp3) is 0.308. The minimum absolute atomic E-state index is 0.221. The Kier molecular flexibility index (Phi) is 5.26. The van der Waals surface area contributed by atoms with E-state index in [-0.39, 0.29) is 11.9 Å². The minimum Gasteiger partial charge on any atom is -0.484 e. The van der Waals surface area contributed by atoms with Gasteiger partial charge in [0.25, 0.3) is 0 Å². The average molecular weight is 489 g/mol. The topological polar surface area (TPSA) is 110 Å². The molecule has 0 bridgehead atoms. The maximum Gasteiger partial charge on any atom is 0.235 e. The predicted octanol–water partition coefficient (Wildman–Crippen LogP) is 5.38. The number of oxazole rings is 1. The van der Waals surface area contributed by atoms with Gasteiger partial charge in [0.05, 0.1) is 28.2 Å². The zero-order chi connectivity index (χ0) is 24.0. The standard InChI is InChI=1S/C26H24N4O4S/c27-15-23-22-11-8-20(34-16-25-28-12-13-33-25)14-24(22)30(19-2-1-3-19)26(23)17-4-6-18(7-5-17)29-35(31,32)21-9-10-21/h4-8,11-14,19,21,29H,1-3,9-10,16H2. The number of sulfonamides is 1. The van der Waals surface area contributed by atoms with Gasteiger partial charge in [-0.15, -0.1) is 0 Å². The first-order valence-corrected chi connectivity index (χ1v) is 13.3. The zero-order valence-corrected chi connectivity index (χ0v) is 19.8. The summed E-state index contributed by atoms with van der Waals surface area (Å²) in [6, 6.07) is 15.8. The molecule has 0 atom stereocenters. The summed E-state index contributed by atoms with van der Waals surface area (Å²) in [6.07, 6.45) is 7.75. The third-order valence-electron chi connectivity index (χ3n) is 6.75. The SMILES string of the molecule is N#Cc1c(-c2ccc(NS(=O)(=O)C3CC3)cc2)n(C2CCC2)c2cc(OCc3ncco3)ccc12. The van der Waals surface area contributed by atoms with E-state index in [2.05, 4.69) is 20.3 Å². The van der Waals surface area contributed by atoms with Crippen LogP contribution < -0.4 is 9.46 Å². The van der Waals surface area contributed by atoms with Gasteiger partial charge in [-0.1, -0.05) is 12.1 Å². The number of fused-ring (bicyclic) bond motifs is 1. The lowest BCUT2D eigenvalue weighted by Crippen LogP contribution is -2.18. The lowest BCUT2D eigenvalue weighted by molar-refractivity contribution is 0.263. The predicted molar refractivity (Wildman–Crippen MR) is 131 cm³/mol. The molecule has 35 heavy (non-hydrogen) atoms. The molecule has 0 saturated heterocycles. The molecule has 2 aliphatic carbocycles. The Bertz CT molecular complexity index is 1520. The number of anilines is 1. The van der Waals surface area contributed by atoms with Crippen LogP contribution >= 0.6 is 0 Å². The van der Waals surface area contributed by atoms with Gasteiger partial charge >= 0.3 is 0 Å². The highest BCUT2D eigenvalue weighted by molar-refractivity contribution is 7.93. The molecule has 2 saturated carbocycles. The van der Waals surface area contributed by atoms with Crippen molar-refractivity contribution < 1.29 is 17.6 Å². The molecule has 2 fully saturated rings. The highest BCUT2D eigenvalue weighted by atomic mass is 32.2. The van der Waals surface area contributed by atoms with Gasteiger partial charge in [0.15, 0.2) is 6.61 Å². The second kappa shape index (κ2) is 8.47. The number of nitrogens with one attached hydrogen (secondary N) is 1. The van der Waals surface area contributed by atoms with Crippen molar-refractivity contribution in [1.29, 1.82) is 5.26 Å². The molecule has 0 radical (unpaired) electrons. The van der Waals surface area contributed by atoms with Gasteiger partial charge in [-0.25, -0.2) is 13.4 Å². The maximum atomic E-state index is 12.3. The number of aromatic nitrogens is 2. The van der Waals surface area contributed by atoms with Crippen LogP contribution in [0, 0.1) is 11.3 Å². The lowest BCUT2D eigenvalue weighted by atomic mass is 9.92. The number of nitriles is 1. The van der Waals surface area contributed by atoms with Crippen molar-refractivity contribution in [3.8, 4) is 23.1 Å². The molecular weight excluding hydrogens is 464 g/mol. The van der Waals surface area contributed by atoms with E-state index in [1.165, 1.54) is 6.26 Å². The van der Waals surface area contributed by atoms with Crippen molar-refractivity contribution in [3.63, 3.8) is 0 Å². The summed E-state index contributed by atoms with van der Waals surface area (Å²) in [5.41, 5.74) is 3.82. The second-order valence-corrected chi connectivity index (χ2v) is 11.1. The number of ether oxygens (including phenoxy) is 1. The summed E-state index contributed by atoms with van der Waals surface area (Å²) in [4.78, 5) is 4.09. The van der Waals surface area contributed by atoms with E-state index in [4.69, 9.17) is 9.15 Å². The van der Waals surface area contributed by atoms with Crippen LogP contribution in [0.4, 0.5) is 5.69 Å². The van der Waals surface area contributed by atoms with Crippen LogP contribution in [-0.2, 0) is 16.6 Å². The van der Waals surface area contributed by atoms with Crippen LogP contribution in [-0.4, -0.2) is 23.2 Å². The van der Waals surface area contributed by atoms with Crippen LogP contribution in [0.5, 0.6) is 5.75 Å². The Morgan fingerprint density at radius 1 is 1.14 bits per heavy atom. The van der Waals surface area contributed by atoms with Gasteiger partial charge in [0.2, 0.25) is 15.9 Å². The number of hydrogen-bond acceptors (Lipinski definition) is 6. The molecule has 0 aliphatic heterocycles. The molecule has 2 aliphatic rings. The van der Waals surface area contributed by atoms with Gasteiger partial charge in [0.1, 0.15) is 18.1 Å². The van der Waals surface area contributed by atoms with Crippen molar-refractivity contribution in [3.05, 3.63) is 66.4 Å². The van der Waals surface area contributed by atoms with Gasteiger partial charge < -0.3 is 13.7 Å². The highest BCUT2D eigenvalue weighted by Crippen LogP contribution is 2.43. The Morgan fingerprint density at radius 3 is 2.57 bits per heavy atom. The van der Waals surface area contributed by atoms with E-state index in [0.717, 1.165) is 41.4 Å². The Balaban J connectivity index is 1.39. The van der Waals surface area contributed by atoms with Crippen LogP contribution in [0.3, 0.4) is 0 Å². The van der Waals surface area contributed by atoms with Crippen molar-refractivity contribution in [2.45, 2.75) is 50.0 Å². The molecule has 1 N–H and O–H groups in total. The van der Waals surface area contributed by atoms with Crippen molar-refractivity contribution in [2.24, 2.45) is 0 Å². The largest absolute Gasteiger partial charge is 0.484 e. The fourth-order valence-corrected chi connectivity index (χ4v) is 5.98. The molecule has 6 rings (SSSR count). The molecule has 0 amide bonds. The molecule has 2 aromatic carbocycles. The highest BCUT2D eigenvalue weighted by Gasteiger charge is 2.35. The molecule has 0 unspecified atom stereocenters. The van der Waals surface area contributed by atoms with Gasteiger partial charge in [-0.3, -0.25) is 4.72 Å². The summed E-state index contributed by atoms with van der Waals surface area (Å²) in [7, 11) is -3.33. The van der Waals surface area contributed by atoms with Crippen molar-refractivity contribution in [1.82, 2.24) is 9.55 Å². The van der Waals surface area contributed by atoms with E-state index in [9.17, 15) is 13.7 Å². The number of rotatable bonds is 8. The smallest absolute Gasteiger partial charge is 0.235 e. The van der Waals surface area contributed by atoms with E-state index >= 15 is 0 Å². The van der Waals surface area contributed by atoms with Crippen LogP contribution in [0.25, 0.3) is 22.2 Å². The van der Waals surface area contributed by atoms with Crippen molar-refractivity contribution >= 4 is 26.6 Å². The first-order chi connectivity index (χ1) is 17.0. The Labute approximate surface area is 203 Å². The van der Waals surface area contributed by atoms with Crippen LogP contribution in [0.15, 0.2) is 59.3 Å². The first-order valence-electron chi connectivity index (χ1n) is 11.7. The van der Waals surface area contributed by atoms with Crippen molar-refractivity contribution in [2.75, 3.05) is 4.72 Å². The molecule has 2 heterocycles. The molecule has 0 spiro atoms. The Morgan fingerprint density at radius 2 is 1.94 bits per heavy atom. The monoisotopic (exact) mass is 488 g/mol. The second-order valence-electron chi connectivity index (χ2n) is 9.11. The molecular formula is C26H24N4O4S. The number of hydrogen-bond donors (Lipinski definition) is 1. The quantitative estimate of drug-likeness (QED) is 0.357. The lowest BCUT2D eigenvalue weighted by Gasteiger charge is -2.30. The summed E-state index contributed by atoms with van der Waals surface area (Å²) < 4.78 is 40.7. The van der Waals surface area contributed by atoms with Crippen LogP contribution in [0.1, 0.15) is 49.6 Å². The average Bonchev–Trinajstić information content (AvgIpc) is 3.48. The molecule has 8 nitrogen and oxygen atoms in total. The summed E-state index contributed by atoms with van der Waals surface area (Å²) in [5.74, 6) is 1.17.